The molecule has 2 N–H and O–H groups in total. The number of fused-ring (bicyclic) bond motifs is 4. The topological polar surface area (TPSA) is 109 Å². The molecule has 1 unspecified atom stereocenters. The molecule has 0 radical (unpaired) electrons. The van der Waals surface area contributed by atoms with Gasteiger partial charge in [-0.25, -0.2) is 13.7 Å². The number of rotatable bonds is 3. The molecule has 0 saturated heterocycles. The Bertz CT molecular complexity index is 1730. The zero-order valence-electron chi connectivity index (χ0n) is 28.7. The van der Waals surface area contributed by atoms with Gasteiger partial charge in [-0.2, -0.15) is 0 Å². The molecule has 2 fully saturated rings. The van der Waals surface area contributed by atoms with Crippen LogP contribution in [0.4, 0.5) is 10.5 Å². The number of amides is 3. The Morgan fingerprint density at radius 2 is 1.96 bits per heavy atom. The molecule has 0 aromatic heterocycles. The molecule has 2 saturated carbocycles. The van der Waals surface area contributed by atoms with Gasteiger partial charge in [-0.3, -0.25) is 4.79 Å². The zero-order valence-corrected chi connectivity index (χ0v) is 29.5. The number of hydrogen-bond acceptors (Lipinski definition) is 6. The summed E-state index contributed by atoms with van der Waals surface area (Å²) in [4.78, 5) is 29.3. The normalized spacial score (nSPS) is 34.0. The van der Waals surface area contributed by atoms with Gasteiger partial charge in [0.1, 0.15) is 15.7 Å². The minimum atomic E-state index is -3.49. The van der Waals surface area contributed by atoms with E-state index in [-0.39, 0.29) is 23.5 Å². The zero-order chi connectivity index (χ0) is 33.6. The molecule has 1 spiro atoms. The summed E-state index contributed by atoms with van der Waals surface area (Å²) in [5.74, 6) is 0.809. The van der Waals surface area contributed by atoms with Crippen molar-refractivity contribution >= 4 is 27.5 Å². The number of hydrogen-bond donors (Lipinski definition) is 2. The number of aryl methyl sites for hydroxylation is 2. The van der Waals surface area contributed by atoms with Crippen LogP contribution >= 0.6 is 0 Å². The van der Waals surface area contributed by atoms with Crippen LogP contribution in [-0.2, 0) is 26.5 Å². The van der Waals surface area contributed by atoms with E-state index in [0.29, 0.717) is 30.4 Å². The molecular weight excluding hydrogens is 625 g/mol. The monoisotopic (exact) mass is 674 g/mol. The number of anilines is 1. The van der Waals surface area contributed by atoms with Crippen molar-refractivity contribution in [3.05, 3.63) is 70.8 Å². The molecule has 7 rings (SSSR count). The number of ether oxygens (including phenoxy) is 2. The van der Waals surface area contributed by atoms with Crippen molar-refractivity contribution in [3.63, 3.8) is 0 Å². The maximum Gasteiger partial charge on any atom is 0.327 e. The molecular formula is C38H50N4O5S. The lowest BCUT2D eigenvalue weighted by Crippen LogP contribution is -2.49. The summed E-state index contributed by atoms with van der Waals surface area (Å²) in [7, 11) is -1.70. The van der Waals surface area contributed by atoms with Gasteiger partial charge in [0.05, 0.1) is 23.6 Å². The van der Waals surface area contributed by atoms with Crippen molar-refractivity contribution < 1.29 is 23.3 Å². The quantitative estimate of drug-likeness (QED) is 0.361. The average molecular weight is 675 g/mol. The smallest absolute Gasteiger partial charge is 0.327 e. The number of carbonyl (C=O) groups is 2. The first kappa shape index (κ1) is 33.1. The lowest BCUT2D eigenvalue weighted by atomic mass is 9.68. The highest BCUT2D eigenvalue weighted by Crippen LogP contribution is 2.47. The second kappa shape index (κ2) is 13.2. The fraction of sp³-hybridized carbons (Fsp3) is 0.579. The van der Waals surface area contributed by atoms with Crippen LogP contribution in [0.3, 0.4) is 0 Å². The van der Waals surface area contributed by atoms with Gasteiger partial charge >= 0.3 is 6.03 Å². The average Bonchev–Trinajstić information content (AvgIpc) is 3.88. The van der Waals surface area contributed by atoms with Gasteiger partial charge in [-0.15, -0.1) is 4.36 Å². The van der Waals surface area contributed by atoms with Gasteiger partial charge in [-0.1, -0.05) is 42.8 Å². The summed E-state index contributed by atoms with van der Waals surface area (Å²) in [6.07, 6.45) is 12.0. The molecule has 5 aliphatic rings. The number of benzene rings is 2. The van der Waals surface area contributed by atoms with E-state index in [2.05, 4.69) is 56.6 Å². The van der Waals surface area contributed by atoms with E-state index in [0.717, 1.165) is 69.5 Å². The summed E-state index contributed by atoms with van der Waals surface area (Å²) < 4.78 is 34.3. The fourth-order valence-electron chi connectivity index (χ4n) is 8.22. The molecule has 2 aromatic rings. The summed E-state index contributed by atoms with van der Waals surface area (Å²) in [5.41, 5.74) is 5.06. The van der Waals surface area contributed by atoms with Crippen LogP contribution in [0.5, 0.6) is 5.75 Å². The van der Waals surface area contributed by atoms with Crippen LogP contribution in [0.2, 0.25) is 0 Å². The third-order valence-electron chi connectivity index (χ3n) is 11.6. The van der Waals surface area contributed by atoms with Crippen molar-refractivity contribution in [3.8, 4) is 5.75 Å². The predicted molar refractivity (Wildman–Crippen MR) is 189 cm³/mol. The van der Waals surface area contributed by atoms with Crippen molar-refractivity contribution in [2.75, 3.05) is 31.7 Å². The highest BCUT2D eigenvalue weighted by atomic mass is 32.2. The predicted octanol–water partition coefficient (Wildman–Crippen LogP) is 6.48. The second-order valence-corrected chi connectivity index (χ2v) is 17.3. The largest absolute Gasteiger partial charge is 0.490 e. The van der Waals surface area contributed by atoms with E-state index in [1.807, 2.05) is 26.0 Å². The molecule has 2 heterocycles. The van der Waals surface area contributed by atoms with Crippen molar-refractivity contribution in [1.82, 2.24) is 10.0 Å². The molecule has 7 atom stereocenters. The molecule has 3 aliphatic carbocycles. The number of carbonyl (C=O) groups excluding carboxylic acids is 2. The number of methoxy groups -OCH3 is 1. The number of nitrogens with zero attached hydrogens (tertiary/aromatic N) is 2. The van der Waals surface area contributed by atoms with Gasteiger partial charge < -0.3 is 19.7 Å². The Kier molecular flexibility index (Phi) is 9.08. The van der Waals surface area contributed by atoms with E-state index >= 15 is 0 Å². The Morgan fingerprint density at radius 1 is 1.12 bits per heavy atom. The van der Waals surface area contributed by atoms with E-state index in [1.54, 1.807) is 13.2 Å². The Balaban J connectivity index is 1.31. The number of urea groups is 1. The molecule has 258 valence electrons. The van der Waals surface area contributed by atoms with Crippen LogP contribution in [0.25, 0.3) is 0 Å². The van der Waals surface area contributed by atoms with Crippen LogP contribution in [0.15, 0.2) is 52.9 Å². The third kappa shape index (κ3) is 6.50. The minimum absolute atomic E-state index is 0.0291. The van der Waals surface area contributed by atoms with Gasteiger partial charge in [0.15, 0.2) is 0 Å². The minimum Gasteiger partial charge on any atom is -0.490 e. The lowest BCUT2D eigenvalue weighted by molar-refractivity contribution is 0.0131. The van der Waals surface area contributed by atoms with E-state index in [9.17, 15) is 13.8 Å². The Hall–Kier alpha value is -3.37. The molecule has 9 nitrogen and oxygen atoms in total. The molecule has 10 heteroatoms. The Labute approximate surface area is 285 Å². The molecule has 2 bridgehead atoms. The Morgan fingerprint density at radius 3 is 2.71 bits per heavy atom. The fourth-order valence-corrected chi connectivity index (χ4v) is 10.0. The van der Waals surface area contributed by atoms with Crippen LogP contribution in [0.1, 0.15) is 85.8 Å². The van der Waals surface area contributed by atoms with Crippen LogP contribution < -0.4 is 19.7 Å². The first-order valence-corrected chi connectivity index (χ1v) is 19.3. The van der Waals surface area contributed by atoms with E-state index in [1.165, 1.54) is 16.7 Å². The van der Waals surface area contributed by atoms with Gasteiger partial charge in [0.2, 0.25) is 0 Å². The molecule has 2 aromatic carbocycles. The van der Waals surface area contributed by atoms with Gasteiger partial charge in [0, 0.05) is 37.2 Å². The van der Waals surface area contributed by atoms with Crippen LogP contribution in [-0.4, -0.2) is 60.3 Å². The molecule has 3 amide bonds. The molecule has 48 heavy (non-hydrogen) atoms. The van der Waals surface area contributed by atoms with Crippen molar-refractivity contribution in [1.29, 1.82) is 0 Å². The SMILES string of the molecule is CO[C@H]1/C=C/C[C@H](C)[C@@H](C)S(=O)(NC(=O)NC2CC2)=NC(=O)c2ccc3c(c2)N(C[C@@H]2CC[C@H]21)C[C@@]1(CCCc2cc(C)ccc21)CO3. The number of allylic oxidation sites excluding steroid dienone is 1. The summed E-state index contributed by atoms with van der Waals surface area (Å²) >= 11 is 0. The summed E-state index contributed by atoms with van der Waals surface area (Å²) in [6, 6.07) is 11.8. The van der Waals surface area contributed by atoms with Gasteiger partial charge in [-0.05, 0) is 112 Å². The van der Waals surface area contributed by atoms with Gasteiger partial charge in [0.25, 0.3) is 5.91 Å². The standard InChI is InChI=1S/C38H50N4O5S/c1-24-10-16-32-27(19-24)8-6-18-38(32)22-42-21-29-11-15-31(29)34(46-4)9-5-7-25(2)26(3)48(45,41-37(44)39-30-13-14-30)40-36(43)28-12-17-35(47-23-38)33(42)20-28/h5,9-10,12,16-17,19-20,25-26,29-31,34H,6-8,11,13-15,18,21-23H2,1-4H3,(H2,39,40,41,43,44,45)/b9-5+/t25-,26+,29-,31+,34-,38-,48?/m0/s1. The van der Waals surface area contributed by atoms with Crippen molar-refractivity contribution in [2.45, 2.75) is 94.9 Å². The lowest BCUT2D eigenvalue weighted by Gasteiger charge is -2.46. The van der Waals surface area contributed by atoms with E-state index in [4.69, 9.17) is 9.47 Å². The number of nitrogens with one attached hydrogen (secondary N) is 2. The van der Waals surface area contributed by atoms with E-state index < -0.39 is 27.1 Å². The van der Waals surface area contributed by atoms with Crippen molar-refractivity contribution in [2.24, 2.45) is 22.1 Å². The van der Waals surface area contributed by atoms with Crippen LogP contribution in [0, 0.1) is 24.7 Å². The summed E-state index contributed by atoms with van der Waals surface area (Å²) in [5, 5.41) is 2.26. The highest BCUT2D eigenvalue weighted by Gasteiger charge is 2.44. The third-order valence-corrected chi connectivity index (χ3v) is 14.0. The maximum absolute atomic E-state index is 14.6. The second-order valence-electron chi connectivity index (χ2n) is 15.0. The first-order valence-electron chi connectivity index (χ1n) is 17.8. The molecule has 2 aliphatic heterocycles. The summed E-state index contributed by atoms with van der Waals surface area (Å²) in [6.45, 7) is 8.11. The highest BCUT2D eigenvalue weighted by molar-refractivity contribution is 7.93. The first-order chi connectivity index (χ1) is 23.1. The maximum atomic E-state index is 14.6.